The van der Waals surface area contributed by atoms with Crippen molar-refractivity contribution >= 4 is 35.4 Å². The molecule has 2 amide bonds. The van der Waals surface area contributed by atoms with E-state index in [1.165, 1.54) is 28.9 Å². The van der Waals surface area contributed by atoms with E-state index in [9.17, 15) is 27.6 Å². The molecule has 4 N–H and O–H groups in total. The van der Waals surface area contributed by atoms with Crippen molar-refractivity contribution in [2.45, 2.75) is 32.0 Å². The number of aromatic nitrogens is 6. The van der Waals surface area contributed by atoms with Gasteiger partial charge in [-0.2, -0.15) is 13.2 Å². The van der Waals surface area contributed by atoms with Gasteiger partial charge in [0.2, 0.25) is 6.10 Å². The first-order valence-corrected chi connectivity index (χ1v) is 12.2. The van der Waals surface area contributed by atoms with Crippen molar-refractivity contribution in [1.82, 2.24) is 29.1 Å². The average molecular weight is 615 g/mol. The summed E-state index contributed by atoms with van der Waals surface area (Å²) in [4.78, 5) is 39.9. The molecule has 1 unspecified atom stereocenters. The van der Waals surface area contributed by atoms with E-state index in [1.807, 2.05) is 0 Å². The highest BCUT2D eigenvalue weighted by Crippen LogP contribution is 2.27. The Labute approximate surface area is 238 Å². The van der Waals surface area contributed by atoms with Crippen LogP contribution >= 0.6 is 23.2 Å². The maximum atomic E-state index is 13.6. The van der Waals surface area contributed by atoms with Gasteiger partial charge in [0.25, 0.3) is 0 Å². The SMILES string of the molecule is NC(=O)OCc1nc(Cn2nc(-c3ccc(Cl)cc3)n(CC(OC(N)=O)C(F)(F)F)c2=O)nn1-c1ccccc1Cl. The van der Waals surface area contributed by atoms with E-state index < -0.39 is 49.9 Å². The first-order chi connectivity index (χ1) is 19.3. The number of primary amides is 2. The van der Waals surface area contributed by atoms with Crippen LogP contribution in [0.4, 0.5) is 22.8 Å². The molecule has 41 heavy (non-hydrogen) atoms. The van der Waals surface area contributed by atoms with Gasteiger partial charge in [0.15, 0.2) is 24.1 Å². The number of nitrogens with zero attached hydrogens (tertiary/aromatic N) is 6. The van der Waals surface area contributed by atoms with Crippen molar-refractivity contribution in [2.75, 3.05) is 0 Å². The predicted molar refractivity (Wildman–Crippen MR) is 137 cm³/mol. The number of amides is 2. The topological polar surface area (TPSA) is 175 Å². The Morgan fingerprint density at radius 2 is 1.68 bits per heavy atom. The molecule has 2 heterocycles. The molecule has 0 bridgehead atoms. The molecule has 4 aromatic rings. The Bertz CT molecular complexity index is 1640. The van der Waals surface area contributed by atoms with Crippen LogP contribution in [0.25, 0.3) is 17.1 Å². The lowest BCUT2D eigenvalue weighted by Crippen LogP contribution is -2.41. The van der Waals surface area contributed by atoms with Gasteiger partial charge in [0.1, 0.15) is 6.54 Å². The maximum Gasteiger partial charge on any atom is 0.427 e. The van der Waals surface area contributed by atoms with Crippen LogP contribution in [0.1, 0.15) is 11.6 Å². The summed E-state index contributed by atoms with van der Waals surface area (Å²) in [5.74, 6) is -0.163. The Kier molecular flexibility index (Phi) is 8.53. The number of hydrogen-bond donors (Lipinski definition) is 2. The lowest BCUT2D eigenvalue weighted by atomic mass is 10.2. The van der Waals surface area contributed by atoms with Gasteiger partial charge >= 0.3 is 24.1 Å². The first kappa shape index (κ1) is 29.4. The molecule has 0 aliphatic heterocycles. The van der Waals surface area contributed by atoms with E-state index in [2.05, 4.69) is 19.9 Å². The number of hydrogen-bond acceptors (Lipinski definition) is 8. The molecule has 1 atom stereocenters. The first-order valence-electron chi connectivity index (χ1n) is 11.4. The standard InChI is InChI=1S/C23H19Cl2F3N8O5/c24-13-7-5-12(6-8-13)19-33-35(22(39)34(19)9-16(23(26,27)28)41-21(30)38)10-17-31-18(11-40-20(29)37)36(32-17)15-4-2-1-3-14(15)25/h1-8,16H,9-11H2,(H2,29,37)(H2,30,38). The fourth-order valence-electron chi connectivity index (χ4n) is 3.67. The Hall–Kier alpha value is -4.57. The minimum atomic E-state index is -5.06. The normalized spacial score (nSPS) is 12.2. The molecule has 0 fully saturated rings. The highest BCUT2D eigenvalue weighted by molar-refractivity contribution is 6.32. The number of carbonyl (C=O) groups is 2. The molecular formula is C23H19Cl2F3N8O5. The maximum absolute atomic E-state index is 13.6. The fourth-order valence-corrected chi connectivity index (χ4v) is 4.01. The van der Waals surface area contributed by atoms with Crippen molar-refractivity contribution in [2.24, 2.45) is 11.5 Å². The van der Waals surface area contributed by atoms with Gasteiger partial charge in [-0.3, -0.25) is 4.57 Å². The van der Waals surface area contributed by atoms with Crippen molar-refractivity contribution in [3.63, 3.8) is 0 Å². The molecule has 0 saturated heterocycles. The molecule has 13 nitrogen and oxygen atoms in total. The number of nitrogens with two attached hydrogens (primary N) is 2. The van der Waals surface area contributed by atoms with Crippen molar-refractivity contribution in [3.05, 3.63) is 80.7 Å². The van der Waals surface area contributed by atoms with E-state index in [1.54, 1.807) is 24.3 Å². The Morgan fingerprint density at radius 3 is 2.29 bits per heavy atom. The van der Waals surface area contributed by atoms with Crippen molar-refractivity contribution < 1.29 is 32.2 Å². The van der Waals surface area contributed by atoms with Gasteiger partial charge in [-0.25, -0.2) is 28.7 Å². The van der Waals surface area contributed by atoms with E-state index in [0.717, 1.165) is 4.68 Å². The van der Waals surface area contributed by atoms with Crippen molar-refractivity contribution in [1.29, 1.82) is 0 Å². The zero-order valence-electron chi connectivity index (χ0n) is 20.6. The van der Waals surface area contributed by atoms with Crippen LogP contribution in [0.3, 0.4) is 0 Å². The second kappa shape index (κ2) is 11.9. The molecule has 0 spiro atoms. The summed E-state index contributed by atoms with van der Waals surface area (Å²) in [6.45, 7) is -1.99. The van der Waals surface area contributed by atoms with E-state index >= 15 is 0 Å². The van der Waals surface area contributed by atoms with E-state index in [4.69, 9.17) is 39.4 Å². The third-order valence-corrected chi connectivity index (χ3v) is 6.00. The minimum Gasteiger partial charge on any atom is -0.441 e. The fraction of sp³-hybridized carbons (Fsp3) is 0.217. The number of ether oxygens (including phenoxy) is 2. The number of carbonyl (C=O) groups excluding carboxylic acids is 2. The third kappa shape index (κ3) is 6.96. The zero-order valence-corrected chi connectivity index (χ0v) is 22.1. The zero-order chi connectivity index (χ0) is 29.9. The summed E-state index contributed by atoms with van der Waals surface area (Å²) in [7, 11) is 0. The number of benzene rings is 2. The molecule has 0 saturated carbocycles. The quantitative estimate of drug-likeness (QED) is 0.288. The van der Waals surface area contributed by atoms with Crippen molar-refractivity contribution in [3.8, 4) is 17.1 Å². The monoisotopic (exact) mass is 614 g/mol. The molecule has 0 aliphatic carbocycles. The van der Waals surface area contributed by atoms with Gasteiger partial charge in [-0.1, -0.05) is 35.3 Å². The lowest BCUT2D eigenvalue weighted by Gasteiger charge is -2.20. The largest absolute Gasteiger partial charge is 0.441 e. The van der Waals surface area contributed by atoms with Crippen LogP contribution in [-0.4, -0.2) is 53.6 Å². The molecule has 216 valence electrons. The Balaban J connectivity index is 1.78. The Morgan fingerprint density at radius 1 is 1.00 bits per heavy atom. The second-order valence-corrected chi connectivity index (χ2v) is 9.11. The number of rotatable bonds is 9. The van der Waals surface area contributed by atoms with Gasteiger partial charge < -0.3 is 20.9 Å². The van der Waals surface area contributed by atoms with Gasteiger partial charge in [0.05, 0.1) is 17.3 Å². The minimum absolute atomic E-state index is 0.0387. The molecule has 4 rings (SSSR count). The molecular weight excluding hydrogens is 596 g/mol. The summed E-state index contributed by atoms with van der Waals surface area (Å²) < 4.78 is 52.7. The van der Waals surface area contributed by atoms with E-state index in [0.29, 0.717) is 15.3 Å². The number of halogens is 5. The summed E-state index contributed by atoms with van der Waals surface area (Å²) >= 11 is 12.2. The second-order valence-electron chi connectivity index (χ2n) is 8.26. The highest BCUT2D eigenvalue weighted by atomic mass is 35.5. The molecule has 18 heteroatoms. The average Bonchev–Trinajstić information content (AvgIpc) is 3.43. The number of alkyl halides is 3. The van der Waals surface area contributed by atoms with Gasteiger partial charge in [0, 0.05) is 10.6 Å². The summed E-state index contributed by atoms with van der Waals surface area (Å²) in [6.07, 6.45) is -10.6. The third-order valence-electron chi connectivity index (χ3n) is 5.43. The van der Waals surface area contributed by atoms with E-state index in [-0.39, 0.29) is 28.1 Å². The molecule has 0 aliphatic rings. The van der Waals surface area contributed by atoms with Crippen LogP contribution in [0, 0.1) is 0 Å². The van der Waals surface area contributed by atoms with Crippen LogP contribution in [0.2, 0.25) is 10.0 Å². The predicted octanol–water partition coefficient (Wildman–Crippen LogP) is 3.27. The van der Waals surface area contributed by atoms with Crippen LogP contribution in [0.15, 0.2) is 53.3 Å². The van der Waals surface area contributed by atoms with Gasteiger partial charge in [-0.15, -0.1) is 10.2 Å². The summed E-state index contributed by atoms with van der Waals surface area (Å²) in [5, 5.41) is 9.10. The smallest absolute Gasteiger partial charge is 0.427 e. The van der Waals surface area contributed by atoms with Crippen LogP contribution in [-0.2, 0) is 29.2 Å². The summed E-state index contributed by atoms with van der Waals surface area (Å²) in [5.41, 5.74) is 9.46. The van der Waals surface area contributed by atoms with Crippen LogP contribution < -0.4 is 17.2 Å². The molecule has 0 radical (unpaired) electrons. The van der Waals surface area contributed by atoms with Gasteiger partial charge in [-0.05, 0) is 36.4 Å². The van der Waals surface area contributed by atoms with Crippen LogP contribution in [0.5, 0.6) is 0 Å². The molecule has 2 aromatic carbocycles. The lowest BCUT2D eigenvalue weighted by molar-refractivity contribution is -0.206. The summed E-state index contributed by atoms with van der Waals surface area (Å²) in [6, 6.07) is 12.3. The number of para-hydroxylation sites is 1. The highest BCUT2D eigenvalue weighted by Gasteiger charge is 2.44. The molecule has 2 aromatic heterocycles.